The molecule has 2 aromatic heterocycles. The minimum atomic E-state index is -3.62. The van der Waals surface area contributed by atoms with Gasteiger partial charge in [0, 0.05) is 19.3 Å². The molecule has 3 heterocycles. The van der Waals surface area contributed by atoms with E-state index in [2.05, 4.69) is 10.3 Å². The zero-order valence-corrected chi connectivity index (χ0v) is 13.8. The molecule has 0 saturated carbocycles. The number of sulfonamides is 1. The van der Waals surface area contributed by atoms with Crippen molar-refractivity contribution < 1.29 is 12.9 Å². The number of hydrogen-bond donors (Lipinski definition) is 0. The maximum absolute atomic E-state index is 13.0. The third-order valence-electron chi connectivity index (χ3n) is 4.13. The molecular formula is C14H20N4O3S. The van der Waals surface area contributed by atoms with Crippen LogP contribution in [0.4, 0.5) is 0 Å². The van der Waals surface area contributed by atoms with E-state index in [-0.39, 0.29) is 10.9 Å². The third kappa shape index (κ3) is 2.26. The maximum Gasteiger partial charge on any atom is 0.249 e. The van der Waals surface area contributed by atoms with E-state index in [4.69, 9.17) is 4.52 Å². The van der Waals surface area contributed by atoms with E-state index in [1.807, 2.05) is 17.7 Å². The molecule has 22 heavy (non-hydrogen) atoms. The molecule has 8 heteroatoms. The summed E-state index contributed by atoms with van der Waals surface area (Å²) in [5, 5.41) is 8.03. The Kier molecular flexibility index (Phi) is 3.82. The Morgan fingerprint density at radius 1 is 1.41 bits per heavy atom. The molecule has 0 unspecified atom stereocenters. The van der Waals surface area contributed by atoms with Crippen molar-refractivity contribution in [3.63, 3.8) is 0 Å². The molecule has 0 aromatic carbocycles. The summed E-state index contributed by atoms with van der Waals surface area (Å²) in [5.41, 5.74) is 1.35. The Balaban J connectivity index is 2.03. The highest BCUT2D eigenvalue weighted by atomic mass is 32.2. The second-order valence-corrected chi connectivity index (χ2v) is 7.33. The van der Waals surface area contributed by atoms with E-state index in [0.717, 1.165) is 25.1 Å². The molecule has 1 saturated heterocycles. The first-order valence-corrected chi connectivity index (χ1v) is 8.87. The summed E-state index contributed by atoms with van der Waals surface area (Å²) in [6.45, 7) is 6.52. The van der Waals surface area contributed by atoms with Crippen LogP contribution < -0.4 is 0 Å². The van der Waals surface area contributed by atoms with Crippen LogP contribution in [0.15, 0.2) is 21.7 Å². The van der Waals surface area contributed by atoms with Gasteiger partial charge >= 0.3 is 0 Å². The van der Waals surface area contributed by atoms with Gasteiger partial charge in [-0.25, -0.2) is 8.42 Å². The van der Waals surface area contributed by atoms with Crippen molar-refractivity contribution in [3.8, 4) is 0 Å². The SMILES string of the molecule is CCn1nccc1[C@@H]1CCCN1S(=O)(=O)c1c(C)noc1C. The standard InChI is InChI=1S/C14H20N4O3S/c1-4-17-12(7-8-15-17)13-6-5-9-18(13)22(19,20)14-10(2)16-21-11(14)3/h7-8,13H,4-6,9H2,1-3H3/t13-/m0/s1. The van der Waals surface area contributed by atoms with Crippen LogP contribution >= 0.6 is 0 Å². The van der Waals surface area contributed by atoms with Crippen molar-refractivity contribution in [2.45, 2.75) is 51.1 Å². The Bertz CT molecular complexity index is 758. The van der Waals surface area contributed by atoms with Crippen molar-refractivity contribution in [1.29, 1.82) is 0 Å². The normalized spacial score (nSPS) is 19.9. The molecule has 3 rings (SSSR count). The van der Waals surface area contributed by atoms with Gasteiger partial charge in [-0.2, -0.15) is 9.40 Å². The summed E-state index contributed by atoms with van der Waals surface area (Å²) in [4.78, 5) is 0.196. The quantitative estimate of drug-likeness (QED) is 0.859. The Hall–Kier alpha value is -1.67. The lowest BCUT2D eigenvalue weighted by atomic mass is 10.1. The molecule has 1 fully saturated rings. The van der Waals surface area contributed by atoms with Crippen molar-refractivity contribution in [2.75, 3.05) is 6.54 Å². The monoisotopic (exact) mass is 324 g/mol. The van der Waals surface area contributed by atoms with Gasteiger partial charge in [-0.15, -0.1) is 0 Å². The van der Waals surface area contributed by atoms with Crippen LogP contribution in [0.2, 0.25) is 0 Å². The number of nitrogens with zero attached hydrogens (tertiary/aromatic N) is 4. The highest BCUT2D eigenvalue weighted by molar-refractivity contribution is 7.89. The van der Waals surface area contributed by atoms with Crippen LogP contribution in [0.5, 0.6) is 0 Å². The lowest BCUT2D eigenvalue weighted by molar-refractivity contribution is 0.371. The number of aromatic nitrogens is 3. The predicted octanol–water partition coefficient (Wildman–Crippen LogP) is 2.03. The highest BCUT2D eigenvalue weighted by Gasteiger charge is 2.40. The predicted molar refractivity (Wildman–Crippen MR) is 79.7 cm³/mol. The van der Waals surface area contributed by atoms with E-state index >= 15 is 0 Å². The smallest absolute Gasteiger partial charge is 0.249 e. The van der Waals surface area contributed by atoms with Crippen molar-refractivity contribution in [1.82, 2.24) is 19.2 Å². The second-order valence-electron chi connectivity index (χ2n) is 5.50. The average molecular weight is 324 g/mol. The van der Waals surface area contributed by atoms with Crippen LogP contribution in [0.3, 0.4) is 0 Å². The van der Waals surface area contributed by atoms with Crippen LogP contribution in [-0.2, 0) is 16.6 Å². The van der Waals surface area contributed by atoms with Gasteiger partial charge in [-0.1, -0.05) is 5.16 Å². The van der Waals surface area contributed by atoms with Gasteiger partial charge in [0.2, 0.25) is 10.0 Å². The first kappa shape index (κ1) is 15.2. The van der Waals surface area contributed by atoms with Crippen molar-refractivity contribution in [2.24, 2.45) is 0 Å². The van der Waals surface area contributed by atoms with E-state index in [9.17, 15) is 8.42 Å². The molecule has 7 nitrogen and oxygen atoms in total. The Morgan fingerprint density at radius 2 is 2.18 bits per heavy atom. The topological polar surface area (TPSA) is 81.2 Å². The lowest BCUT2D eigenvalue weighted by Crippen LogP contribution is -2.32. The number of rotatable bonds is 4. The summed E-state index contributed by atoms with van der Waals surface area (Å²) >= 11 is 0. The molecule has 0 radical (unpaired) electrons. The van der Waals surface area contributed by atoms with Crippen molar-refractivity contribution >= 4 is 10.0 Å². The van der Waals surface area contributed by atoms with Gasteiger partial charge in [-0.05, 0) is 39.7 Å². The minimum Gasteiger partial charge on any atom is -0.360 e. The van der Waals surface area contributed by atoms with Crippen LogP contribution in [0.1, 0.15) is 43.0 Å². The molecule has 1 aliphatic rings. The number of hydrogen-bond acceptors (Lipinski definition) is 5. The van der Waals surface area contributed by atoms with Gasteiger partial charge < -0.3 is 4.52 Å². The fourth-order valence-corrected chi connectivity index (χ4v) is 5.14. The molecular weight excluding hydrogens is 304 g/mol. The average Bonchev–Trinajstić information content (AvgIpc) is 3.17. The van der Waals surface area contributed by atoms with E-state index in [0.29, 0.717) is 18.0 Å². The molecule has 120 valence electrons. The third-order valence-corrected chi connectivity index (χ3v) is 6.28. The maximum atomic E-state index is 13.0. The number of aryl methyl sites for hydroxylation is 3. The summed E-state index contributed by atoms with van der Waals surface area (Å²) in [6, 6.07) is 1.72. The van der Waals surface area contributed by atoms with E-state index in [1.54, 1.807) is 24.3 Å². The zero-order valence-electron chi connectivity index (χ0n) is 13.0. The van der Waals surface area contributed by atoms with Gasteiger partial charge in [0.1, 0.15) is 10.6 Å². The summed E-state index contributed by atoms with van der Waals surface area (Å²) in [7, 11) is -3.62. The zero-order chi connectivity index (χ0) is 15.9. The Labute approximate surface area is 129 Å². The molecule has 0 aliphatic carbocycles. The molecule has 2 aromatic rings. The van der Waals surface area contributed by atoms with Crippen LogP contribution in [-0.4, -0.2) is 34.2 Å². The molecule has 0 bridgehead atoms. The summed E-state index contributed by atoms with van der Waals surface area (Å²) < 4.78 is 34.5. The Morgan fingerprint density at radius 3 is 2.82 bits per heavy atom. The van der Waals surface area contributed by atoms with Crippen LogP contribution in [0, 0.1) is 13.8 Å². The molecule has 0 amide bonds. The fourth-order valence-electron chi connectivity index (χ4n) is 3.17. The van der Waals surface area contributed by atoms with Gasteiger partial charge in [0.05, 0.1) is 11.7 Å². The lowest BCUT2D eigenvalue weighted by Gasteiger charge is -2.24. The largest absolute Gasteiger partial charge is 0.360 e. The van der Waals surface area contributed by atoms with E-state index < -0.39 is 10.0 Å². The first-order valence-electron chi connectivity index (χ1n) is 7.43. The fraction of sp³-hybridized carbons (Fsp3) is 0.571. The van der Waals surface area contributed by atoms with Gasteiger partial charge in [-0.3, -0.25) is 4.68 Å². The van der Waals surface area contributed by atoms with Gasteiger partial charge in [0.15, 0.2) is 5.76 Å². The van der Waals surface area contributed by atoms with E-state index in [1.165, 1.54) is 0 Å². The minimum absolute atomic E-state index is 0.179. The molecule has 1 atom stereocenters. The van der Waals surface area contributed by atoms with Gasteiger partial charge in [0.25, 0.3) is 0 Å². The molecule has 0 spiro atoms. The molecule has 0 N–H and O–H groups in total. The summed E-state index contributed by atoms with van der Waals surface area (Å²) in [6.07, 6.45) is 3.36. The second kappa shape index (κ2) is 5.51. The summed E-state index contributed by atoms with van der Waals surface area (Å²) in [5.74, 6) is 0.340. The highest BCUT2D eigenvalue weighted by Crippen LogP contribution is 2.37. The van der Waals surface area contributed by atoms with Crippen LogP contribution in [0.25, 0.3) is 0 Å². The van der Waals surface area contributed by atoms with Crippen molar-refractivity contribution in [3.05, 3.63) is 29.4 Å². The first-order chi connectivity index (χ1) is 10.5. The molecule has 1 aliphatic heterocycles.